The minimum absolute atomic E-state index is 0.283. The lowest BCUT2D eigenvalue weighted by atomic mass is 10.1. The van der Waals surface area contributed by atoms with Crippen LogP contribution in [0.15, 0.2) is 9.85 Å². The first-order valence-corrected chi connectivity index (χ1v) is 9.29. The number of alkyl halides is 1. The van der Waals surface area contributed by atoms with Gasteiger partial charge in [0.05, 0.1) is 20.2 Å². The predicted octanol–water partition coefficient (Wildman–Crippen LogP) is 4.07. The summed E-state index contributed by atoms with van der Waals surface area (Å²) in [6.45, 7) is 1.98. The van der Waals surface area contributed by atoms with Crippen molar-refractivity contribution in [2.24, 2.45) is 0 Å². The quantitative estimate of drug-likeness (QED) is 0.748. The Morgan fingerprint density at radius 3 is 2.76 bits per heavy atom. The van der Waals surface area contributed by atoms with Crippen molar-refractivity contribution < 1.29 is 8.42 Å². The monoisotopic (exact) mass is 356 g/mol. The van der Waals surface area contributed by atoms with Crippen LogP contribution in [0.1, 0.15) is 35.1 Å². The standard InChI is InChI=1S/C11H14BrClO2S2/c1-7-8(6-10(12)16-7)11(13)9-4-2-3-5-17(9,14)15/h6,9,11H,2-5H2,1H3. The van der Waals surface area contributed by atoms with Crippen LogP contribution in [-0.4, -0.2) is 19.4 Å². The van der Waals surface area contributed by atoms with Crippen LogP contribution in [0.2, 0.25) is 0 Å². The number of aryl methyl sites for hydroxylation is 1. The summed E-state index contributed by atoms with van der Waals surface area (Å²) in [5, 5.41) is -0.832. The summed E-state index contributed by atoms with van der Waals surface area (Å²) in [7, 11) is -3.02. The molecule has 0 spiro atoms. The van der Waals surface area contributed by atoms with Gasteiger partial charge >= 0.3 is 0 Å². The summed E-state index contributed by atoms with van der Waals surface area (Å²) < 4.78 is 25.0. The van der Waals surface area contributed by atoms with E-state index >= 15 is 0 Å². The Kier molecular flexibility index (Phi) is 4.23. The van der Waals surface area contributed by atoms with Crippen LogP contribution >= 0.6 is 38.9 Å². The SMILES string of the molecule is Cc1sc(Br)cc1C(Cl)C1CCCCS1(=O)=O. The number of hydrogen-bond acceptors (Lipinski definition) is 3. The molecule has 96 valence electrons. The van der Waals surface area contributed by atoms with E-state index in [1.807, 2.05) is 13.0 Å². The molecule has 1 aromatic heterocycles. The summed E-state index contributed by atoms with van der Waals surface area (Å²) >= 11 is 11.4. The van der Waals surface area contributed by atoms with Crippen molar-refractivity contribution in [3.8, 4) is 0 Å². The normalized spacial score (nSPS) is 25.7. The number of sulfone groups is 1. The van der Waals surface area contributed by atoms with Crippen molar-refractivity contribution in [2.45, 2.75) is 36.8 Å². The van der Waals surface area contributed by atoms with Crippen molar-refractivity contribution in [1.29, 1.82) is 0 Å². The molecule has 2 nitrogen and oxygen atoms in total. The Morgan fingerprint density at radius 2 is 2.24 bits per heavy atom. The van der Waals surface area contributed by atoms with Gasteiger partial charge in [0.2, 0.25) is 0 Å². The minimum atomic E-state index is -3.02. The van der Waals surface area contributed by atoms with Crippen molar-refractivity contribution >= 4 is 48.7 Å². The van der Waals surface area contributed by atoms with E-state index in [2.05, 4.69) is 15.9 Å². The largest absolute Gasteiger partial charge is 0.228 e. The zero-order chi connectivity index (χ0) is 12.6. The minimum Gasteiger partial charge on any atom is -0.228 e. The molecule has 6 heteroatoms. The second-order valence-electron chi connectivity index (χ2n) is 4.37. The molecule has 0 N–H and O–H groups in total. The molecule has 0 aromatic carbocycles. The fourth-order valence-electron chi connectivity index (χ4n) is 2.24. The Bertz CT molecular complexity index is 510. The van der Waals surface area contributed by atoms with Gasteiger partial charge in [-0.2, -0.15) is 0 Å². The van der Waals surface area contributed by atoms with Gasteiger partial charge in [0.25, 0.3) is 0 Å². The lowest BCUT2D eigenvalue weighted by molar-refractivity contribution is 0.534. The Balaban J connectivity index is 2.31. The highest BCUT2D eigenvalue weighted by Crippen LogP contribution is 2.40. The second-order valence-corrected chi connectivity index (χ2v) is 9.81. The van der Waals surface area contributed by atoms with Gasteiger partial charge in [0.1, 0.15) is 0 Å². The zero-order valence-corrected chi connectivity index (χ0v) is 13.4. The molecular formula is C11H14BrClO2S2. The summed E-state index contributed by atoms with van der Waals surface area (Å²) in [5.74, 6) is 0.283. The van der Waals surface area contributed by atoms with E-state index in [4.69, 9.17) is 11.6 Å². The van der Waals surface area contributed by atoms with E-state index in [9.17, 15) is 8.42 Å². The van der Waals surface area contributed by atoms with Crippen LogP contribution in [0.4, 0.5) is 0 Å². The van der Waals surface area contributed by atoms with Crippen LogP contribution in [0.3, 0.4) is 0 Å². The van der Waals surface area contributed by atoms with Crippen LogP contribution in [-0.2, 0) is 9.84 Å². The molecule has 1 aliphatic rings. The molecule has 1 aromatic rings. The van der Waals surface area contributed by atoms with E-state index in [1.54, 1.807) is 11.3 Å². The maximum absolute atomic E-state index is 12.0. The topological polar surface area (TPSA) is 34.1 Å². The van der Waals surface area contributed by atoms with Crippen molar-refractivity contribution in [1.82, 2.24) is 0 Å². The average Bonchev–Trinajstić information content (AvgIpc) is 2.56. The number of rotatable bonds is 2. The third kappa shape index (κ3) is 2.88. The van der Waals surface area contributed by atoms with Gasteiger partial charge < -0.3 is 0 Å². The highest BCUT2D eigenvalue weighted by atomic mass is 79.9. The Morgan fingerprint density at radius 1 is 1.53 bits per heavy atom. The van der Waals surface area contributed by atoms with Gasteiger partial charge in [-0.1, -0.05) is 6.42 Å². The van der Waals surface area contributed by atoms with Crippen molar-refractivity contribution in [3.05, 3.63) is 20.3 Å². The molecular weight excluding hydrogens is 344 g/mol. The highest BCUT2D eigenvalue weighted by Gasteiger charge is 2.36. The van der Waals surface area contributed by atoms with E-state index in [-0.39, 0.29) is 5.75 Å². The van der Waals surface area contributed by atoms with E-state index in [0.29, 0.717) is 6.42 Å². The maximum Gasteiger partial charge on any atom is 0.154 e. The molecule has 0 bridgehead atoms. The molecule has 2 rings (SSSR count). The third-order valence-electron chi connectivity index (χ3n) is 3.18. The third-order valence-corrected chi connectivity index (χ3v) is 7.72. The molecule has 1 aliphatic heterocycles. The number of hydrogen-bond donors (Lipinski definition) is 0. The molecule has 0 saturated carbocycles. The Labute approximate surface area is 119 Å². The molecule has 2 unspecified atom stereocenters. The van der Waals surface area contributed by atoms with Crippen LogP contribution < -0.4 is 0 Å². The molecule has 0 aliphatic carbocycles. The molecule has 2 atom stereocenters. The van der Waals surface area contributed by atoms with Gasteiger partial charge in [-0.3, -0.25) is 0 Å². The van der Waals surface area contributed by atoms with E-state index < -0.39 is 20.5 Å². The van der Waals surface area contributed by atoms with Crippen LogP contribution in [0.5, 0.6) is 0 Å². The zero-order valence-electron chi connectivity index (χ0n) is 9.45. The lowest BCUT2D eigenvalue weighted by Gasteiger charge is -2.26. The van der Waals surface area contributed by atoms with Crippen LogP contribution in [0, 0.1) is 6.92 Å². The summed E-state index contributed by atoms with van der Waals surface area (Å²) in [4.78, 5) is 1.10. The van der Waals surface area contributed by atoms with E-state index in [0.717, 1.165) is 27.1 Å². The Hall–Kier alpha value is 0.420. The van der Waals surface area contributed by atoms with Crippen molar-refractivity contribution in [2.75, 3.05) is 5.75 Å². The molecule has 17 heavy (non-hydrogen) atoms. The molecule has 1 saturated heterocycles. The highest BCUT2D eigenvalue weighted by molar-refractivity contribution is 9.11. The average molecular weight is 358 g/mol. The van der Waals surface area contributed by atoms with Gasteiger partial charge in [-0.25, -0.2) is 8.42 Å². The summed E-state index contributed by atoms with van der Waals surface area (Å²) in [6, 6.07) is 1.95. The first kappa shape index (κ1) is 13.8. The summed E-state index contributed by atoms with van der Waals surface area (Å²) in [6.07, 6.45) is 2.41. The first-order chi connectivity index (χ1) is 7.92. The number of thiophene rings is 1. The molecule has 1 fully saturated rings. The predicted molar refractivity (Wildman–Crippen MR) is 76.8 cm³/mol. The van der Waals surface area contributed by atoms with Gasteiger partial charge in [-0.05, 0) is 47.3 Å². The molecule has 2 heterocycles. The first-order valence-electron chi connectivity index (χ1n) is 5.53. The van der Waals surface area contributed by atoms with Crippen LogP contribution in [0.25, 0.3) is 0 Å². The molecule has 0 amide bonds. The van der Waals surface area contributed by atoms with Crippen molar-refractivity contribution in [3.63, 3.8) is 0 Å². The smallest absolute Gasteiger partial charge is 0.154 e. The molecule has 0 radical (unpaired) electrons. The van der Waals surface area contributed by atoms with Gasteiger partial charge in [-0.15, -0.1) is 22.9 Å². The van der Waals surface area contributed by atoms with E-state index in [1.165, 1.54) is 0 Å². The van der Waals surface area contributed by atoms with Gasteiger partial charge in [0.15, 0.2) is 9.84 Å². The maximum atomic E-state index is 12.0. The lowest BCUT2D eigenvalue weighted by Crippen LogP contribution is -2.31. The number of halogens is 2. The van der Waals surface area contributed by atoms with Gasteiger partial charge in [0, 0.05) is 4.88 Å². The second kappa shape index (κ2) is 5.19. The fraction of sp³-hybridized carbons (Fsp3) is 0.636. The fourth-order valence-corrected chi connectivity index (χ4v) is 6.83. The summed E-state index contributed by atoms with van der Waals surface area (Å²) in [5.41, 5.74) is 0.957.